The van der Waals surface area contributed by atoms with Crippen molar-refractivity contribution in [2.24, 2.45) is 5.73 Å². The summed E-state index contributed by atoms with van der Waals surface area (Å²) in [7, 11) is 0. The van der Waals surface area contributed by atoms with Gasteiger partial charge in [0.05, 0.1) is 24.0 Å². The van der Waals surface area contributed by atoms with E-state index in [9.17, 15) is 19.2 Å². The molecule has 1 aromatic heterocycles. The van der Waals surface area contributed by atoms with Crippen molar-refractivity contribution in [3.63, 3.8) is 0 Å². The van der Waals surface area contributed by atoms with Gasteiger partial charge in [0.1, 0.15) is 6.54 Å². The van der Waals surface area contributed by atoms with E-state index in [2.05, 4.69) is 10.4 Å². The monoisotopic (exact) mass is 470 g/mol. The van der Waals surface area contributed by atoms with Crippen molar-refractivity contribution in [2.45, 2.75) is 39.0 Å². The molecular formula is C23H23ClN4O5. The zero-order chi connectivity index (χ0) is 24.1. The first-order valence-electron chi connectivity index (χ1n) is 10.2. The Bertz CT molecular complexity index is 1270. The Morgan fingerprint density at radius 2 is 1.73 bits per heavy atom. The molecule has 0 aliphatic carbocycles. The summed E-state index contributed by atoms with van der Waals surface area (Å²) in [4.78, 5) is 49.8. The Morgan fingerprint density at radius 3 is 2.36 bits per heavy atom. The number of ether oxygens (including phenoxy) is 1. The normalized spacial score (nSPS) is 11.9. The molecule has 172 valence electrons. The average Bonchev–Trinajstić information content (AvgIpc) is 2.75. The van der Waals surface area contributed by atoms with Crippen molar-refractivity contribution >= 4 is 40.2 Å². The van der Waals surface area contributed by atoms with Gasteiger partial charge in [-0.3, -0.25) is 19.2 Å². The molecule has 10 heteroatoms. The molecule has 3 aromatic rings. The van der Waals surface area contributed by atoms with Gasteiger partial charge in [-0.15, -0.1) is 0 Å². The van der Waals surface area contributed by atoms with Crippen LogP contribution in [0.3, 0.4) is 0 Å². The number of halogens is 1. The van der Waals surface area contributed by atoms with E-state index < -0.39 is 35.9 Å². The fourth-order valence-corrected chi connectivity index (χ4v) is 3.64. The van der Waals surface area contributed by atoms with Gasteiger partial charge in [-0.1, -0.05) is 48.0 Å². The van der Waals surface area contributed by atoms with Gasteiger partial charge in [-0.05, 0) is 31.5 Å². The van der Waals surface area contributed by atoms with Crippen molar-refractivity contribution in [1.82, 2.24) is 15.1 Å². The maximum absolute atomic E-state index is 12.9. The maximum atomic E-state index is 12.9. The highest BCUT2D eigenvalue weighted by Crippen LogP contribution is 2.25. The molecule has 2 amide bonds. The zero-order valence-electron chi connectivity index (χ0n) is 18.1. The molecule has 0 radical (unpaired) electrons. The number of esters is 1. The van der Waals surface area contributed by atoms with Crippen LogP contribution in [0.25, 0.3) is 10.8 Å². The minimum atomic E-state index is -0.828. The summed E-state index contributed by atoms with van der Waals surface area (Å²) in [5.41, 5.74) is 5.25. The van der Waals surface area contributed by atoms with Gasteiger partial charge in [0.15, 0.2) is 5.69 Å². The summed E-state index contributed by atoms with van der Waals surface area (Å²) in [5, 5.41) is 7.57. The van der Waals surface area contributed by atoms with Gasteiger partial charge < -0.3 is 15.8 Å². The Kier molecular flexibility index (Phi) is 7.44. The van der Waals surface area contributed by atoms with Crippen LogP contribution < -0.4 is 16.6 Å². The Balaban J connectivity index is 1.90. The number of carbonyl (C=O) groups is 3. The van der Waals surface area contributed by atoms with Crippen LogP contribution in [0.2, 0.25) is 5.02 Å². The predicted octanol–water partition coefficient (Wildman–Crippen LogP) is 2.35. The fourth-order valence-electron chi connectivity index (χ4n) is 3.37. The van der Waals surface area contributed by atoms with Gasteiger partial charge in [-0.2, -0.15) is 5.10 Å². The number of fused-ring (bicyclic) bond motifs is 1. The molecule has 0 aliphatic heterocycles. The minimum Gasteiger partial charge on any atom is -0.463 e. The second-order valence-corrected chi connectivity index (χ2v) is 8.01. The van der Waals surface area contributed by atoms with E-state index in [1.54, 1.807) is 56.3 Å². The number of hydrogen-bond acceptors (Lipinski definition) is 6. The van der Waals surface area contributed by atoms with Gasteiger partial charge >= 0.3 is 5.97 Å². The Labute approximate surface area is 194 Å². The number of aromatic nitrogens is 2. The second-order valence-electron chi connectivity index (χ2n) is 7.61. The highest BCUT2D eigenvalue weighted by atomic mass is 35.5. The molecule has 0 bridgehead atoms. The van der Waals surface area contributed by atoms with Crippen LogP contribution in [0, 0.1) is 0 Å². The number of carbonyl (C=O) groups excluding carboxylic acids is 3. The van der Waals surface area contributed by atoms with Crippen LogP contribution >= 0.6 is 11.6 Å². The highest BCUT2D eigenvalue weighted by Gasteiger charge is 2.23. The predicted molar refractivity (Wildman–Crippen MR) is 123 cm³/mol. The molecular weight excluding hydrogens is 448 g/mol. The van der Waals surface area contributed by atoms with Crippen molar-refractivity contribution in [3.8, 4) is 0 Å². The Hall–Kier alpha value is -3.72. The largest absolute Gasteiger partial charge is 0.463 e. The van der Waals surface area contributed by atoms with Gasteiger partial charge in [-0.25, -0.2) is 4.68 Å². The van der Waals surface area contributed by atoms with Crippen LogP contribution in [-0.2, 0) is 20.9 Å². The molecule has 33 heavy (non-hydrogen) atoms. The van der Waals surface area contributed by atoms with Gasteiger partial charge in [0, 0.05) is 10.4 Å². The number of rotatable bonds is 8. The first-order valence-corrected chi connectivity index (χ1v) is 10.6. The van der Waals surface area contributed by atoms with Crippen LogP contribution in [-0.4, -0.2) is 33.7 Å². The van der Waals surface area contributed by atoms with E-state index in [0.717, 1.165) is 4.68 Å². The number of nitrogens with zero attached hydrogens (tertiary/aromatic N) is 2. The molecule has 0 saturated carbocycles. The topological polar surface area (TPSA) is 133 Å². The lowest BCUT2D eigenvalue weighted by atomic mass is 10.0. The third-order valence-electron chi connectivity index (χ3n) is 4.75. The molecule has 3 N–H and O–H groups in total. The number of amides is 2. The van der Waals surface area contributed by atoms with Gasteiger partial charge in [0.2, 0.25) is 5.91 Å². The van der Waals surface area contributed by atoms with Gasteiger partial charge in [0.25, 0.3) is 11.5 Å². The third-order valence-corrected chi connectivity index (χ3v) is 5.09. The molecule has 1 heterocycles. The summed E-state index contributed by atoms with van der Waals surface area (Å²) in [6.45, 7) is 2.94. The standard InChI is InChI=1S/C23H23ClN4O5/c1-13(2)33-20(30)11-18(16-9-5-6-10-17(16)24)26-19(29)12-28-23(32)15-8-4-3-7-14(15)21(27-28)22(25)31/h3-10,13,18H,11-12H2,1-2H3,(H2,25,31)(H,26,29)/t18-/m1/s1. The van der Waals surface area contributed by atoms with Crippen LogP contribution in [0.4, 0.5) is 0 Å². The van der Waals surface area contributed by atoms with E-state index in [0.29, 0.717) is 16.0 Å². The third kappa shape index (κ3) is 5.75. The van der Waals surface area contributed by atoms with E-state index in [1.165, 1.54) is 6.07 Å². The lowest BCUT2D eigenvalue weighted by Crippen LogP contribution is -2.37. The molecule has 0 fully saturated rings. The molecule has 0 spiro atoms. The number of benzene rings is 2. The number of nitrogens with one attached hydrogen (secondary N) is 1. The SMILES string of the molecule is CC(C)OC(=O)C[C@@H](NC(=O)Cn1nc(C(N)=O)c2ccccc2c1=O)c1ccccc1Cl. The quantitative estimate of drug-likeness (QED) is 0.485. The lowest BCUT2D eigenvalue weighted by molar-refractivity contribution is -0.148. The first-order chi connectivity index (χ1) is 15.7. The summed E-state index contributed by atoms with van der Waals surface area (Å²) < 4.78 is 6.07. The number of primary amides is 1. The minimum absolute atomic E-state index is 0.124. The van der Waals surface area contributed by atoms with Crippen LogP contribution in [0.15, 0.2) is 53.3 Å². The fraction of sp³-hybridized carbons (Fsp3) is 0.261. The highest BCUT2D eigenvalue weighted by molar-refractivity contribution is 6.31. The van der Waals surface area contributed by atoms with E-state index in [1.807, 2.05) is 0 Å². The van der Waals surface area contributed by atoms with Crippen LogP contribution in [0.1, 0.15) is 42.4 Å². The molecule has 3 rings (SSSR count). The number of hydrogen-bond donors (Lipinski definition) is 2. The van der Waals surface area contributed by atoms with Crippen molar-refractivity contribution in [2.75, 3.05) is 0 Å². The van der Waals surface area contributed by atoms with E-state index in [4.69, 9.17) is 22.1 Å². The summed E-state index contributed by atoms with van der Waals surface area (Å²) in [5.74, 6) is -1.96. The first kappa shape index (κ1) is 23.9. The average molecular weight is 471 g/mol. The molecule has 0 aliphatic rings. The van der Waals surface area contributed by atoms with Crippen molar-refractivity contribution in [1.29, 1.82) is 0 Å². The molecule has 2 aromatic carbocycles. The second kappa shape index (κ2) is 10.3. The molecule has 0 saturated heterocycles. The summed E-state index contributed by atoms with van der Waals surface area (Å²) in [6.07, 6.45) is -0.493. The smallest absolute Gasteiger partial charge is 0.308 e. The van der Waals surface area contributed by atoms with Crippen LogP contribution in [0.5, 0.6) is 0 Å². The molecule has 9 nitrogen and oxygen atoms in total. The molecule has 1 atom stereocenters. The number of nitrogens with two attached hydrogens (primary N) is 1. The zero-order valence-corrected chi connectivity index (χ0v) is 18.8. The van der Waals surface area contributed by atoms with Crippen molar-refractivity contribution in [3.05, 3.63) is 75.2 Å². The lowest BCUT2D eigenvalue weighted by Gasteiger charge is -2.20. The van der Waals surface area contributed by atoms with E-state index in [-0.39, 0.29) is 23.6 Å². The summed E-state index contributed by atoms with van der Waals surface area (Å²) in [6, 6.07) is 12.3. The van der Waals surface area contributed by atoms with Crippen molar-refractivity contribution < 1.29 is 19.1 Å². The molecule has 0 unspecified atom stereocenters. The Morgan fingerprint density at radius 1 is 1.09 bits per heavy atom. The summed E-state index contributed by atoms with van der Waals surface area (Å²) >= 11 is 6.28. The van der Waals surface area contributed by atoms with E-state index >= 15 is 0 Å². The maximum Gasteiger partial charge on any atom is 0.308 e.